The third-order valence-corrected chi connectivity index (χ3v) is 3.79. The van der Waals surface area contributed by atoms with E-state index in [0.29, 0.717) is 10.4 Å². The van der Waals surface area contributed by atoms with Gasteiger partial charge >= 0.3 is 0 Å². The third-order valence-electron chi connectivity index (χ3n) is 2.87. The molecule has 110 valence electrons. The van der Waals surface area contributed by atoms with Crippen LogP contribution in [-0.4, -0.2) is 29.8 Å². The summed E-state index contributed by atoms with van der Waals surface area (Å²) in [7, 11) is 1.46. The molecule has 2 aromatic heterocycles. The first-order chi connectivity index (χ1) is 10.1. The van der Waals surface area contributed by atoms with Gasteiger partial charge in [-0.3, -0.25) is 9.59 Å². The van der Waals surface area contributed by atoms with Crippen LogP contribution in [0.4, 0.5) is 0 Å². The Bertz CT molecular complexity index is 626. The first-order valence-electron chi connectivity index (χ1n) is 6.48. The number of ether oxygens (including phenoxy) is 1. The molecule has 0 aromatic carbocycles. The third kappa shape index (κ3) is 3.88. The Morgan fingerprint density at radius 1 is 1.38 bits per heavy atom. The monoisotopic (exact) mass is 304 g/mol. The van der Waals surface area contributed by atoms with E-state index in [2.05, 4.69) is 10.3 Å². The lowest BCUT2D eigenvalue weighted by Crippen LogP contribution is -2.34. The highest BCUT2D eigenvalue weighted by Crippen LogP contribution is 2.15. The van der Waals surface area contributed by atoms with Crippen LogP contribution in [0.5, 0.6) is 5.88 Å². The molecule has 0 radical (unpaired) electrons. The van der Waals surface area contributed by atoms with Crippen LogP contribution in [0.3, 0.4) is 0 Å². The molecular weight excluding hydrogens is 288 g/mol. The molecule has 0 saturated carbocycles. The standard InChI is InChI=1S/C15H16N2O3S/c1-10(9-12(18)13-6-4-8-21-13)17-14(19)11-5-3-7-16-15(11)20-2/h3-8,10H,9H2,1-2H3,(H,17,19)/t10-/m1/s1. The molecule has 0 spiro atoms. The van der Waals surface area contributed by atoms with E-state index < -0.39 is 0 Å². The van der Waals surface area contributed by atoms with Crippen LogP contribution in [0.1, 0.15) is 33.4 Å². The van der Waals surface area contributed by atoms with E-state index in [1.54, 1.807) is 31.3 Å². The molecule has 2 rings (SSSR count). The summed E-state index contributed by atoms with van der Waals surface area (Å²) in [6.07, 6.45) is 1.81. The summed E-state index contributed by atoms with van der Waals surface area (Å²) in [5.74, 6) is -0.00540. The predicted molar refractivity (Wildman–Crippen MR) is 81.0 cm³/mol. The van der Waals surface area contributed by atoms with Gasteiger partial charge in [-0.2, -0.15) is 0 Å². The summed E-state index contributed by atoms with van der Waals surface area (Å²) < 4.78 is 5.05. The number of ketones is 1. The Morgan fingerprint density at radius 3 is 2.86 bits per heavy atom. The highest BCUT2D eigenvalue weighted by atomic mass is 32.1. The van der Waals surface area contributed by atoms with Gasteiger partial charge in [0, 0.05) is 18.7 Å². The lowest BCUT2D eigenvalue weighted by Gasteiger charge is -2.13. The Labute approximate surface area is 127 Å². The van der Waals surface area contributed by atoms with Crippen LogP contribution in [0.2, 0.25) is 0 Å². The minimum atomic E-state index is -0.300. The average molecular weight is 304 g/mol. The minimum absolute atomic E-state index is 0.0240. The van der Waals surface area contributed by atoms with Crippen LogP contribution in [0.15, 0.2) is 35.8 Å². The fourth-order valence-electron chi connectivity index (χ4n) is 1.89. The molecule has 1 atom stereocenters. The molecule has 0 bridgehead atoms. The van der Waals surface area contributed by atoms with Gasteiger partial charge < -0.3 is 10.1 Å². The largest absolute Gasteiger partial charge is 0.480 e. The number of Topliss-reactive ketones (excluding diaryl/α,β-unsaturated/α-hetero) is 1. The summed E-state index contributed by atoms with van der Waals surface area (Å²) in [4.78, 5) is 28.8. The molecule has 5 nitrogen and oxygen atoms in total. The van der Waals surface area contributed by atoms with Gasteiger partial charge in [-0.05, 0) is 30.5 Å². The first kappa shape index (κ1) is 15.2. The summed E-state index contributed by atoms with van der Waals surface area (Å²) in [6.45, 7) is 1.80. The van der Waals surface area contributed by atoms with Crippen molar-refractivity contribution >= 4 is 23.0 Å². The van der Waals surface area contributed by atoms with Gasteiger partial charge in [-0.25, -0.2) is 4.98 Å². The van der Waals surface area contributed by atoms with Crippen molar-refractivity contribution in [3.05, 3.63) is 46.3 Å². The Hall–Kier alpha value is -2.21. The van der Waals surface area contributed by atoms with Crippen molar-refractivity contribution in [2.75, 3.05) is 7.11 Å². The van der Waals surface area contributed by atoms with Crippen molar-refractivity contribution in [1.29, 1.82) is 0 Å². The zero-order chi connectivity index (χ0) is 15.2. The maximum atomic E-state index is 12.2. The van der Waals surface area contributed by atoms with E-state index in [-0.39, 0.29) is 30.0 Å². The van der Waals surface area contributed by atoms with Crippen molar-refractivity contribution in [3.8, 4) is 5.88 Å². The fourth-order valence-corrected chi connectivity index (χ4v) is 2.57. The second kappa shape index (κ2) is 6.99. The van der Waals surface area contributed by atoms with Crippen LogP contribution in [-0.2, 0) is 0 Å². The van der Waals surface area contributed by atoms with Crippen LogP contribution in [0, 0.1) is 0 Å². The molecule has 0 unspecified atom stereocenters. The zero-order valence-electron chi connectivity index (χ0n) is 11.8. The number of amides is 1. The minimum Gasteiger partial charge on any atom is -0.480 e. The number of carbonyl (C=O) groups is 2. The molecule has 0 fully saturated rings. The van der Waals surface area contributed by atoms with Gasteiger partial charge in [0.25, 0.3) is 5.91 Å². The normalized spacial score (nSPS) is 11.7. The number of carbonyl (C=O) groups excluding carboxylic acids is 2. The number of hydrogen-bond donors (Lipinski definition) is 1. The summed E-state index contributed by atoms with van der Waals surface area (Å²) in [5, 5.41) is 4.65. The number of nitrogens with one attached hydrogen (secondary N) is 1. The molecular formula is C15H16N2O3S. The van der Waals surface area contributed by atoms with Crippen LogP contribution < -0.4 is 10.1 Å². The van der Waals surface area contributed by atoms with Crippen molar-refractivity contribution in [2.24, 2.45) is 0 Å². The predicted octanol–water partition coefficient (Wildman–Crippen LogP) is 2.54. The maximum absolute atomic E-state index is 12.2. The van der Waals surface area contributed by atoms with Gasteiger partial charge in [0.05, 0.1) is 12.0 Å². The van der Waals surface area contributed by atoms with E-state index in [9.17, 15) is 9.59 Å². The number of hydrogen-bond acceptors (Lipinski definition) is 5. The average Bonchev–Trinajstić information content (AvgIpc) is 3.01. The highest BCUT2D eigenvalue weighted by Gasteiger charge is 2.17. The number of methoxy groups -OCH3 is 1. The summed E-state index contributed by atoms with van der Waals surface area (Å²) >= 11 is 1.40. The van der Waals surface area contributed by atoms with Crippen molar-refractivity contribution in [2.45, 2.75) is 19.4 Å². The molecule has 0 aliphatic carbocycles. The molecule has 0 saturated heterocycles. The highest BCUT2D eigenvalue weighted by molar-refractivity contribution is 7.12. The number of aromatic nitrogens is 1. The van der Waals surface area contributed by atoms with Crippen molar-refractivity contribution < 1.29 is 14.3 Å². The van der Waals surface area contributed by atoms with Crippen molar-refractivity contribution in [3.63, 3.8) is 0 Å². The second-order valence-electron chi connectivity index (χ2n) is 4.54. The second-order valence-corrected chi connectivity index (χ2v) is 5.49. The zero-order valence-corrected chi connectivity index (χ0v) is 12.6. The van der Waals surface area contributed by atoms with E-state index in [4.69, 9.17) is 4.74 Å². The number of pyridine rings is 1. The molecule has 0 aliphatic heterocycles. The van der Waals surface area contributed by atoms with E-state index in [0.717, 1.165) is 0 Å². The van der Waals surface area contributed by atoms with Crippen molar-refractivity contribution in [1.82, 2.24) is 10.3 Å². The SMILES string of the molecule is COc1ncccc1C(=O)N[C@H](C)CC(=O)c1cccs1. The van der Waals surface area contributed by atoms with Gasteiger partial charge in [0.15, 0.2) is 5.78 Å². The van der Waals surface area contributed by atoms with Crippen LogP contribution >= 0.6 is 11.3 Å². The molecule has 0 aliphatic rings. The van der Waals surface area contributed by atoms with Gasteiger partial charge in [0.2, 0.25) is 5.88 Å². The lowest BCUT2D eigenvalue weighted by molar-refractivity contribution is 0.0916. The quantitative estimate of drug-likeness (QED) is 0.833. The number of nitrogens with zero attached hydrogens (tertiary/aromatic N) is 1. The fraction of sp³-hybridized carbons (Fsp3) is 0.267. The van der Waals surface area contributed by atoms with E-state index in [1.165, 1.54) is 18.4 Å². The first-order valence-corrected chi connectivity index (χ1v) is 7.36. The van der Waals surface area contributed by atoms with E-state index in [1.807, 2.05) is 11.4 Å². The van der Waals surface area contributed by atoms with Gasteiger partial charge in [-0.1, -0.05) is 6.07 Å². The molecule has 21 heavy (non-hydrogen) atoms. The Kier molecular flexibility index (Phi) is 5.05. The lowest BCUT2D eigenvalue weighted by atomic mass is 10.1. The summed E-state index contributed by atoms with van der Waals surface area (Å²) in [6, 6.07) is 6.65. The Morgan fingerprint density at radius 2 is 2.19 bits per heavy atom. The molecule has 6 heteroatoms. The molecule has 1 N–H and O–H groups in total. The number of rotatable bonds is 6. The van der Waals surface area contributed by atoms with E-state index >= 15 is 0 Å². The molecule has 2 heterocycles. The Balaban J connectivity index is 1.97. The topological polar surface area (TPSA) is 68.3 Å². The van der Waals surface area contributed by atoms with Gasteiger partial charge in [0.1, 0.15) is 5.56 Å². The molecule has 1 amide bonds. The maximum Gasteiger partial charge on any atom is 0.256 e. The summed E-state index contributed by atoms with van der Waals surface area (Å²) in [5.41, 5.74) is 0.357. The number of thiophene rings is 1. The smallest absolute Gasteiger partial charge is 0.256 e. The van der Waals surface area contributed by atoms with Gasteiger partial charge in [-0.15, -0.1) is 11.3 Å². The van der Waals surface area contributed by atoms with Crippen LogP contribution in [0.25, 0.3) is 0 Å². The molecule has 2 aromatic rings.